The summed E-state index contributed by atoms with van der Waals surface area (Å²) in [6.45, 7) is 4.75. The van der Waals surface area contributed by atoms with Crippen LogP contribution in [0, 0.1) is 0 Å². The minimum Gasteiger partial charge on any atom is -0.391 e. The van der Waals surface area contributed by atoms with Crippen LogP contribution in [0.15, 0.2) is 27.6 Å². The standard InChI is InChI=1S/C11H15BrClNO3S/c1-7(15)11(2,3)14-18(16,17)8-4-5-10(13)9(12)6-8/h4-7,14-15H,1-3H3. The van der Waals surface area contributed by atoms with Gasteiger partial charge in [-0.3, -0.25) is 0 Å². The number of hydrogen-bond donors (Lipinski definition) is 2. The first kappa shape index (κ1) is 15.9. The number of benzene rings is 1. The van der Waals surface area contributed by atoms with E-state index in [0.29, 0.717) is 9.50 Å². The van der Waals surface area contributed by atoms with Crippen LogP contribution in [0.3, 0.4) is 0 Å². The molecule has 1 atom stereocenters. The summed E-state index contributed by atoms with van der Waals surface area (Å²) < 4.78 is 27.2. The lowest BCUT2D eigenvalue weighted by molar-refractivity contribution is 0.111. The van der Waals surface area contributed by atoms with Crippen molar-refractivity contribution in [1.82, 2.24) is 4.72 Å². The molecule has 0 aromatic heterocycles. The highest BCUT2D eigenvalue weighted by Crippen LogP contribution is 2.26. The van der Waals surface area contributed by atoms with E-state index < -0.39 is 21.7 Å². The van der Waals surface area contributed by atoms with Crippen molar-refractivity contribution in [2.75, 3.05) is 0 Å². The number of hydrogen-bond acceptors (Lipinski definition) is 3. The Bertz CT molecular complexity index is 543. The van der Waals surface area contributed by atoms with Crippen LogP contribution >= 0.6 is 27.5 Å². The van der Waals surface area contributed by atoms with Crippen molar-refractivity contribution in [2.45, 2.75) is 37.3 Å². The maximum absolute atomic E-state index is 12.1. The van der Waals surface area contributed by atoms with Gasteiger partial charge in [0.25, 0.3) is 0 Å². The van der Waals surface area contributed by atoms with Gasteiger partial charge in [0.2, 0.25) is 10.0 Å². The molecule has 0 saturated heterocycles. The Hall–Kier alpha value is -0.140. The zero-order valence-electron chi connectivity index (χ0n) is 10.2. The molecule has 0 amide bonds. The van der Waals surface area contributed by atoms with Crippen LogP contribution in [0.4, 0.5) is 0 Å². The molecule has 1 unspecified atom stereocenters. The third-order valence-electron chi connectivity index (χ3n) is 2.64. The van der Waals surface area contributed by atoms with Gasteiger partial charge in [0.05, 0.1) is 21.6 Å². The fraction of sp³-hybridized carbons (Fsp3) is 0.455. The molecule has 1 aromatic carbocycles. The molecule has 0 spiro atoms. The predicted octanol–water partition coefficient (Wildman–Crippen LogP) is 2.54. The number of aliphatic hydroxyl groups excluding tert-OH is 1. The van der Waals surface area contributed by atoms with Crippen LogP contribution in [0.5, 0.6) is 0 Å². The zero-order chi connectivity index (χ0) is 14.1. The van der Waals surface area contributed by atoms with Gasteiger partial charge in [-0.2, -0.15) is 0 Å². The molecule has 7 heteroatoms. The third kappa shape index (κ3) is 3.68. The van der Waals surface area contributed by atoms with Gasteiger partial charge in [0.15, 0.2) is 0 Å². The van der Waals surface area contributed by atoms with Gasteiger partial charge in [0, 0.05) is 4.47 Å². The average molecular weight is 357 g/mol. The molecule has 18 heavy (non-hydrogen) atoms. The highest BCUT2D eigenvalue weighted by atomic mass is 79.9. The van der Waals surface area contributed by atoms with Crippen LogP contribution in [0.25, 0.3) is 0 Å². The Morgan fingerprint density at radius 3 is 2.44 bits per heavy atom. The van der Waals surface area contributed by atoms with E-state index in [2.05, 4.69) is 20.7 Å². The largest absolute Gasteiger partial charge is 0.391 e. The van der Waals surface area contributed by atoms with E-state index in [4.69, 9.17) is 11.6 Å². The molecule has 2 N–H and O–H groups in total. The quantitative estimate of drug-likeness (QED) is 0.871. The van der Waals surface area contributed by atoms with Crippen molar-refractivity contribution in [2.24, 2.45) is 0 Å². The minimum atomic E-state index is -3.70. The van der Waals surface area contributed by atoms with E-state index in [1.165, 1.54) is 25.1 Å². The second-order valence-corrected chi connectivity index (χ2v) is 7.52. The molecule has 0 aliphatic heterocycles. The first-order valence-corrected chi connectivity index (χ1v) is 7.89. The van der Waals surface area contributed by atoms with Crippen molar-refractivity contribution >= 4 is 37.6 Å². The fourth-order valence-electron chi connectivity index (χ4n) is 1.13. The summed E-state index contributed by atoms with van der Waals surface area (Å²) in [4.78, 5) is 0.0903. The summed E-state index contributed by atoms with van der Waals surface area (Å²) in [5.74, 6) is 0. The fourth-order valence-corrected chi connectivity index (χ4v) is 3.28. The van der Waals surface area contributed by atoms with Gasteiger partial charge >= 0.3 is 0 Å². The first-order chi connectivity index (χ1) is 8.06. The van der Waals surface area contributed by atoms with E-state index >= 15 is 0 Å². The number of aliphatic hydroxyl groups is 1. The molecule has 0 aliphatic carbocycles. The number of rotatable bonds is 4. The molecule has 1 rings (SSSR count). The maximum Gasteiger partial charge on any atom is 0.241 e. The highest BCUT2D eigenvalue weighted by molar-refractivity contribution is 9.10. The maximum atomic E-state index is 12.1. The summed E-state index contributed by atoms with van der Waals surface area (Å²) in [7, 11) is -3.70. The van der Waals surface area contributed by atoms with Crippen LogP contribution in [0.1, 0.15) is 20.8 Å². The van der Waals surface area contributed by atoms with E-state index in [1.54, 1.807) is 13.8 Å². The van der Waals surface area contributed by atoms with Gasteiger partial charge in [-0.05, 0) is 54.9 Å². The average Bonchev–Trinajstić information content (AvgIpc) is 2.20. The lowest BCUT2D eigenvalue weighted by Crippen LogP contribution is -2.50. The molecular formula is C11H15BrClNO3S. The van der Waals surface area contributed by atoms with Gasteiger partial charge in [-0.15, -0.1) is 0 Å². The lowest BCUT2D eigenvalue weighted by Gasteiger charge is -2.28. The Kier molecular flexibility index (Phi) is 4.83. The van der Waals surface area contributed by atoms with Crippen LogP contribution in [-0.2, 0) is 10.0 Å². The molecule has 0 bridgehead atoms. The topological polar surface area (TPSA) is 66.4 Å². The zero-order valence-corrected chi connectivity index (χ0v) is 13.4. The van der Waals surface area contributed by atoms with Crippen LogP contribution in [-0.4, -0.2) is 25.2 Å². The Morgan fingerprint density at radius 1 is 1.44 bits per heavy atom. The molecule has 0 aliphatic rings. The summed E-state index contributed by atoms with van der Waals surface area (Å²) >= 11 is 8.99. The highest BCUT2D eigenvalue weighted by Gasteiger charge is 2.30. The van der Waals surface area contributed by atoms with Gasteiger partial charge < -0.3 is 5.11 Å². The van der Waals surface area contributed by atoms with Crippen LogP contribution in [0.2, 0.25) is 5.02 Å². The van der Waals surface area contributed by atoms with Crippen LogP contribution < -0.4 is 4.72 Å². The molecular weight excluding hydrogens is 342 g/mol. The number of nitrogens with one attached hydrogen (secondary N) is 1. The van der Waals surface area contributed by atoms with Crippen molar-refractivity contribution in [3.63, 3.8) is 0 Å². The summed E-state index contributed by atoms with van der Waals surface area (Å²) in [5.41, 5.74) is -0.953. The molecule has 0 saturated carbocycles. The summed E-state index contributed by atoms with van der Waals surface area (Å²) in [5, 5.41) is 9.97. The third-order valence-corrected chi connectivity index (χ3v) is 5.53. The second-order valence-electron chi connectivity index (χ2n) is 4.58. The van der Waals surface area contributed by atoms with E-state index in [9.17, 15) is 13.5 Å². The first-order valence-electron chi connectivity index (χ1n) is 5.23. The normalized spacial score (nSPS) is 14.6. The van der Waals surface area contributed by atoms with E-state index in [0.717, 1.165) is 0 Å². The Morgan fingerprint density at radius 2 is 2.00 bits per heavy atom. The summed E-state index contributed by atoms with van der Waals surface area (Å²) in [6.07, 6.45) is -0.817. The summed E-state index contributed by atoms with van der Waals surface area (Å²) in [6, 6.07) is 4.33. The monoisotopic (exact) mass is 355 g/mol. The van der Waals surface area contributed by atoms with E-state index in [1.807, 2.05) is 0 Å². The number of sulfonamides is 1. The molecule has 1 aromatic rings. The molecule has 4 nitrogen and oxygen atoms in total. The van der Waals surface area contributed by atoms with Crippen molar-refractivity contribution in [1.29, 1.82) is 0 Å². The number of halogens is 2. The van der Waals surface area contributed by atoms with E-state index in [-0.39, 0.29) is 4.90 Å². The SMILES string of the molecule is CC(O)C(C)(C)NS(=O)(=O)c1ccc(Cl)c(Br)c1. The van der Waals surface area contributed by atoms with Gasteiger partial charge in [0.1, 0.15) is 0 Å². The molecule has 0 radical (unpaired) electrons. The second kappa shape index (κ2) is 5.46. The molecule has 102 valence electrons. The van der Waals surface area contributed by atoms with Gasteiger partial charge in [-0.25, -0.2) is 13.1 Å². The predicted molar refractivity (Wildman–Crippen MR) is 75.2 cm³/mol. The van der Waals surface area contributed by atoms with Gasteiger partial charge in [-0.1, -0.05) is 11.6 Å². The minimum absolute atomic E-state index is 0.0903. The smallest absolute Gasteiger partial charge is 0.241 e. The Balaban J connectivity index is 3.11. The van der Waals surface area contributed by atoms with Crippen molar-refractivity contribution < 1.29 is 13.5 Å². The van der Waals surface area contributed by atoms with Crippen molar-refractivity contribution in [3.05, 3.63) is 27.7 Å². The molecule has 0 heterocycles. The van der Waals surface area contributed by atoms with Crippen molar-refractivity contribution in [3.8, 4) is 0 Å². The molecule has 0 fully saturated rings. The lowest BCUT2D eigenvalue weighted by atomic mass is 10.0. The Labute approximate surface area is 121 Å².